The predicted octanol–water partition coefficient (Wildman–Crippen LogP) is 4.60. The lowest BCUT2D eigenvalue weighted by atomic mass is 10.2. The summed E-state index contributed by atoms with van der Waals surface area (Å²) in [6, 6.07) is 13.7. The van der Waals surface area contributed by atoms with Gasteiger partial charge in [0.15, 0.2) is 0 Å². The lowest BCUT2D eigenvalue weighted by molar-refractivity contribution is 0.103. The number of hydrogen-bond acceptors (Lipinski definition) is 4. The number of thiazole rings is 1. The fraction of sp³-hybridized carbons (Fsp3) is 0.111. The maximum absolute atomic E-state index is 13.3. The number of carbonyl (C=O) groups is 1. The van der Waals surface area contributed by atoms with Crippen LogP contribution in [0.3, 0.4) is 0 Å². The number of hydrogen-bond donors (Lipinski definition) is 1. The highest BCUT2D eigenvalue weighted by Crippen LogP contribution is 2.28. The van der Waals surface area contributed by atoms with Crippen molar-refractivity contribution in [1.29, 1.82) is 0 Å². The van der Waals surface area contributed by atoms with Crippen LogP contribution < -0.4 is 10.1 Å². The number of carbonyl (C=O) groups excluding carboxylic acids is 1. The Bertz CT molecular complexity index is 849. The van der Waals surface area contributed by atoms with E-state index in [1.807, 2.05) is 30.3 Å². The van der Waals surface area contributed by atoms with Crippen molar-refractivity contribution < 1.29 is 13.9 Å². The number of nitrogens with zero attached hydrogens (tertiary/aromatic N) is 1. The first-order valence-electron chi connectivity index (χ1n) is 7.42. The number of amides is 1. The molecule has 1 amide bonds. The zero-order chi connectivity index (χ0) is 16.9. The molecule has 3 rings (SSSR count). The van der Waals surface area contributed by atoms with Gasteiger partial charge in [-0.25, -0.2) is 9.37 Å². The number of nitrogens with one attached hydrogen (secondary N) is 1. The third kappa shape index (κ3) is 3.60. The molecule has 0 spiro atoms. The van der Waals surface area contributed by atoms with Crippen molar-refractivity contribution in [1.82, 2.24) is 4.98 Å². The smallest absolute Gasteiger partial charge is 0.267 e. The number of anilines is 1. The van der Waals surface area contributed by atoms with E-state index in [2.05, 4.69) is 10.3 Å². The van der Waals surface area contributed by atoms with Gasteiger partial charge in [0.2, 0.25) is 0 Å². The summed E-state index contributed by atoms with van der Waals surface area (Å²) in [5, 5.41) is 3.51. The zero-order valence-corrected chi connectivity index (χ0v) is 13.8. The lowest BCUT2D eigenvalue weighted by Crippen LogP contribution is -2.11. The molecule has 0 aliphatic heterocycles. The van der Waals surface area contributed by atoms with Crippen LogP contribution in [-0.4, -0.2) is 17.5 Å². The number of rotatable bonds is 5. The van der Waals surface area contributed by atoms with Gasteiger partial charge in [0.1, 0.15) is 21.5 Å². The van der Waals surface area contributed by atoms with Gasteiger partial charge in [0.05, 0.1) is 18.5 Å². The Morgan fingerprint density at radius 1 is 1.25 bits per heavy atom. The molecule has 3 aromatic rings. The van der Waals surface area contributed by atoms with E-state index >= 15 is 0 Å². The molecule has 0 fully saturated rings. The van der Waals surface area contributed by atoms with E-state index in [0.717, 1.165) is 10.6 Å². The molecule has 2 aromatic carbocycles. The quantitative estimate of drug-likeness (QED) is 0.737. The second-order valence-electron chi connectivity index (χ2n) is 4.92. The van der Waals surface area contributed by atoms with Gasteiger partial charge in [-0.1, -0.05) is 30.3 Å². The summed E-state index contributed by atoms with van der Waals surface area (Å²) >= 11 is 1.30. The average molecular weight is 342 g/mol. The van der Waals surface area contributed by atoms with Crippen molar-refractivity contribution in [3.05, 3.63) is 65.4 Å². The lowest BCUT2D eigenvalue weighted by Gasteiger charge is -2.10. The van der Waals surface area contributed by atoms with Crippen LogP contribution in [-0.2, 0) is 0 Å². The zero-order valence-electron chi connectivity index (χ0n) is 13.0. The first-order chi connectivity index (χ1) is 11.7. The van der Waals surface area contributed by atoms with Gasteiger partial charge in [0, 0.05) is 11.6 Å². The number of ether oxygens (including phenoxy) is 1. The molecular formula is C18H15FN2O2S. The molecule has 0 radical (unpaired) electrons. The molecule has 0 aliphatic rings. The summed E-state index contributed by atoms with van der Waals surface area (Å²) in [6.07, 6.45) is 1.53. The minimum absolute atomic E-state index is 0.303. The summed E-state index contributed by atoms with van der Waals surface area (Å²) in [6.45, 7) is 2.18. The number of benzene rings is 2. The van der Waals surface area contributed by atoms with E-state index in [1.54, 1.807) is 6.92 Å². The van der Waals surface area contributed by atoms with Crippen LogP contribution in [0.25, 0.3) is 10.6 Å². The van der Waals surface area contributed by atoms with Gasteiger partial charge in [-0.2, -0.15) is 0 Å². The van der Waals surface area contributed by atoms with Gasteiger partial charge in [-0.3, -0.25) is 4.79 Å². The summed E-state index contributed by atoms with van der Waals surface area (Å²) in [5.74, 6) is -0.415. The molecule has 0 saturated carbocycles. The third-order valence-corrected chi connectivity index (χ3v) is 4.29. The summed E-state index contributed by atoms with van der Waals surface area (Å²) in [7, 11) is 0. The van der Waals surface area contributed by atoms with Crippen molar-refractivity contribution in [3.63, 3.8) is 0 Å². The van der Waals surface area contributed by atoms with Crippen molar-refractivity contribution in [2.24, 2.45) is 0 Å². The standard InChI is InChI=1S/C18H15FN2O2S/c1-2-23-15-10-13(19)8-9-14(15)21-17(22)16-11-20-18(24-16)12-6-4-3-5-7-12/h3-11H,2H2,1H3,(H,21,22). The fourth-order valence-electron chi connectivity index (χ4n) is 2.15. The van der Waals surface area contributed by atoms with Crippen LogP contribution >= 0.6 is 11.3 Å². The monoisotopic (exact) mass is 342 g/mol. The van der Waals surface area contributed by atoms with E-state index in [4.69, 9.17) is 4.74 Å². The summed E-state index contributed by atoms with van der Waals surface area (Å²) in [4.78, 5) is 17.2. The van der Waals surface area contributed by atoms with Crippen LogP contribution in [0.1, 0.15) is 16.6 Å². The molecule has 1 aromatic heterocycles. The first-order valence-corrected chi connectivity index (χ1v) is 8.24. The minimum atomic E-state index is -0.416. The first kappa shape index (κ1) is 16.1. The number of aromatic nitrogens is 1. The third-order valence-electron chi connectivity index (χ3n) is 3.24. The van der Waals surface area contributed by atoms with Gasteiger partial charge in [-0.05, 0) is 19.1 Å². The average Bonchev–Trinajstić information content (AvgIpc) is 3.08. The molecule has 122 valence electrons. The van der Waals surface area contributed by atoms with Crippen LogP contribution in [0.2, 0.25) is 0 Å². The van der Waals surface area contributed by atoms with Crippen LogP contribution in [0.5, 0.6) is 5.75 Å². The summed E-state index contributed by atoms with van der Waals surface area (Å²) in [5.41, 5.74) is 1.39. The van der Waals surface area contributed by atoms with Gasteiger partial charge < -0.3 is 10.1 Å². The second-order valence-corrected chi connectivity index (χ2v) is 5.95. The maximum atomic E-state index is 13.3. The molecule has 24 heavy (non-hydrogen) atoms. The van der Waals surface area contributed by atoms with Crippen molar-refractivity contribution in [2.45, 2.75) is 6.92 Å². The maximum Gasteiger partial charge on any atom is 0.267 e. The Hall–Kier alpha value is -2.73. The van der Waals surface area contributed by atoms with Gasteiger partial charge in [0.25, 0.3) is 5.91 Å². The molecule has 1 N–H and O–H groups in total. The fourth-order valence-corrected chi connectivity index (χ4v) is 2.97. The topological polar surface area (TPSA) is 51.2 Å². The Morgan fingerprint density at radius 3 is 2.79 bits per heavy atom. The van der Waals surface area contributed by atoms with Crippen LogP contribution in [0, 0.1) is 5.82 Å². The molecule has 0 unspecified atom stereocenters. The van der Waals surface area contributed by atoms with E-state index in [0.29, 0.717) is 22.9 Å². The van der Waals surface area contributed by atoms with Gasteiger partial charge >= 0.3 is 0 Å². The molecule has 0 atom stereocenters. The molecular weight excluding hydrogens is 327 g/mol. The normalized spacial score (nSPS) is 10.4. The highest BCUT2D eigenvalue weighted by atomic mass is 32.1. The van der Waals surface area contributed by atoms with E-state index < -0.39 is 5.82 Å². The molecule has 0 saturated heterocycles. The summed E-state index contributed by atoms with van der Waals surface area (Å²) < 4.78 is 18.7. The minimum Gasteiger partial charge on any atom is -0.492 e. The molecule has 4 nitrogen and oxygen atoms in total. The van der Waals surface area contributed by atoms with E-state index in [1.165, 1.54) is 35.7 Å². The Kier molecular flexibility index (Phi) is 4.86. The molecule has 0 aliphatic carbocycles. The Morgan fingerprint density at radius 2 is 2.04 bits per heavy atom. The predicted molar refractivity (Wildman–Crippen MR) is 93.1 cm³/mol. The number of halogens is 1. The second kappa shape index (κ2) is 7.23. The largest absolute Gasteiger partial charge is 0.492 e. The van der Waals surface area contributed by atoms with Crippen molar-refractivity contribution >= 4 is 22.9 Å². The molecule has 1 heterocycles. The highest BCUT2D eigenvalue weighted by Gasteiger charge is 2.14. The van der Waals surface area contributed by atoms with Gasteiger partial charge in [-0.15, -0.1) is 11.3 Å². The highest BCUT2D eigenvalue weighted by molar-refractivity contribution is 7.17. The van der Waals surface area contributed by atoms with Crippen molar-refractivity contribution in [2.75, 3.05) is 11.9 Å². The molecule has 0 bridgehead atoms. The van der Waals surface area contributed by atoms with E-state index in [9.17, 15) is 9.18 Å². The van der Waals surface area contributed by atoms with Crippen molar-refractivity contribution in [3.8, 4) is 16.3 Å². The van der Waals surface area contributed by atoms with Crippen LogP contribution in [0.4, 0.5) is 10.1 Å². The van der Waals surface area contributed by atoms with Crippen LogP contribution in [0.15, 0.2) is 54.7 Å². The Balaban J connectivity index is 1.80. The molecule has 6 heteroatoms. The van der Waals surface area contributed by atoms with E-state index in [-0.39, 0.29) is 5.91 Å². The Labute approximate surface area is 142 Å². The SMILES string of the molecule is CCOc1cc(F)ccc1NC(=O)c1cnc(-c2ccccc2)s1.